The van der Waals surface area contributed by atoms with Crippen molar-refractivity contribution < 1.29 is 19.1 Å². The van der Waals surface area contributed by atoms with Crippen LogP contribution in [0.2, 0.25) is 5.02 Å². The third-order valence-corrected chi connectivity index (χ3v) is 3.30. The summed E-state index contributed by atoms with van der Waals surface area (Å²) in [5.41, 5.74) is 6.59. The zero-order chi connectivity index (χ0) is 16.1. The number of anilines is 1. The molecule has 0 radical (unpaired) electrons. The number of carbonyl (C=O) groups is 2. The van der Waals surface area contributed by atoms with Crippen molar-refractivity contribution in [1.29, 1.82) is 0 Å². The number of benzene rings is 2. The van der Waals surface area contributed by atoms with Crippen molar-refractivity contribution in [3.05, 3.63) is 58.6 Å². The van der Waals surface area contributed by atoms with Gasteiger partial charge in [0.1, 0.15) is 5.75 Å². The maximum Gasteiger partial charge on any atom is 0.338 e. The van der Waals surface area contributed by atoms with Gasteiger partial charge in [-0.3, -0.25) is 4.79 Å². The molecule has 0 aromatic heterocycles. The summed E-state index contributed by atoms with van der Waals surface area (Å²) < 4.78 is 9.99. The molecule has 2 N–H and O–H groups in total. The number of nitrogens with two attached hydrogens (primary N) is 1. The Balaban J connectivity index is 2.02. The number of methoxy groups -OCH3 is 1. The highest BCUT2D eigenvalue weighted by Gasteiger charge is 2.14. The van der Waals surface area contributed by atoms with Gasteiger partial charge in [-0.05, 0) is 30.3 Å². The number of hydrogen-bond donors (Lipinski definition) is 1. The number of Topliss-reactive ketones (excluding diaryl/α,β-unsaturated/α-hetero) is 1. The summed E-state index contributed by atoms with van der Waals surface area (Å²) in [5, 5.41) is 0.317. The minimum atomic E-state index is -0.644. The number of nitrogen functional groups attached to an aromatic ring is 1. The quantitative estimate of drug-likeness (QED) is 0.520. The van der Waals surface area contributed by atoms with Crippen LogP contribution in [0, 0.1) is 0 Å². The molecule has 5 nitrogen and oxygen atoms in total. The number of ketones is 1. The van der Waals surface area contributed by atoms with Gasteiger partial charge in [-0.15, -0.1) is 0 Å². The molecule has 0 bridgehead atoms. The van der Waals surface area contributed by atoms with Crippen LogP contribution < -0.4 is 10.5 Å². The predicted molar refractivity (Wildman–Crippen MR) is 83.5 cm³/mol. The van der Waals surface area contributed by atoms with E-state index in [4.69, 9.17) is 26.8 Å². The average molecular weight is 320 g/mol. The Kier molecular flexibility index (Phi) is 5.01. The normalized spacial score (nSPS) is 10.1. The molecule has 2 rings (SSSR count). The topological polar surface area (TPSA) is 78.6 Å². The summed E-state index contributed by atoms with van der Waals surface area (Å²) in [7, 11) is 1.48. The Morgan fingerprint density at radius 1 is 1.18 bits per heavy atom. The van der Waals surface area contributed by atoms with Gasteiger partial charge in [0.05, 0.1) is 23.4 Å². The predicted octanol–water partition coefficient (Wildman–Crippen LogP) is 2.97. The van der Waals surface area contributed by atoms with Gasteiger partial charge >= 0.3 is 5.97 Å². The molecule has 0 fully saturated rings. The van der Waals surface area contributed by atoms with E-state index in [1.54, 1.807) is 30.3 Å². The van der Waals surface area contributed by atoms with Crippen LogP contribution in [-0.4, -0.2) is 25.5 Å². The highest BCUT2D eigenvalue weighted by molar-refractivity contribution is 6.34. The van der Waals surface area contributed by atoms with Crippen molar-refractivity contribution >= 4 is 29.0 Å². The van der Waals surface area contributed by atoms with E-state index in [0.717, 1.165) is 0 Å². The van der Waals surface area contributed by atoms with Crippen LogP contribution in [0.15, 0.2) is 42.5 Å². The third-order valence-electron chi connectivity index (χ3n) is 2.97. The van der Waals surface area contributed by atoms with Crippen LogP contribution in [0.4, 0.5) is 5.69 Å². The van der Waals surface area contributed by atoms with Crippen molar-refractivity contribution in [2.75, 3.05) is 19.5 Å². The van der Waals surface area contributed by atoms with Crippen molar-refractivity contribution in [1.82, 2.24) is 0 Å². The van der Waals surface area contributed by atoms with Crippen molar-refractivity contribution in [2.24, 2.45) is 0 Å². The van der Waals surface area contributed by atoms with Gasteiger partial charge in [-0.2, -0.15) is 0 Å². The highest BCUT2D eigenvalue weighted by atomic mass is 35.5. The standard InChI is InChI=1S/C16H14ClNO4/c1-21-15-7-6-10(8-13(15)18)16(20)22-9-14(19)11-4-2-3-5-12(11)17/h2-8H,9,18H2,1H3. The molecule has 0 unspecified atom stereocenters. The molecular weight excluding hydrogens is 306 g/mol. The van der Waals surface area contributed by atoms with Crippen LogP contribution in [0.25, 0.3) is 0 Å². The second kappa shape index (κ2) is 6.95. The molecule has 0 heterocycles. The molecule has 0 atom stereocenters. The van der Waals surface area contributed by atoms with Gasteiger partial charge in [0.2, 0.25) is 5.78 Å². The number of rotatable bonds is 5. The summed E-state index contributed by atoms with van der Waals surface area (Å²) in [6.07, 6.45) is 0. The first-order valence-electron chi connectivity index (χ1n) is 6.41. The Bertz CT molecular complexity index is 715. The highest BCUT2D eigenvalue weighted by Crippen LogP contribution is 2.22. The molecule has 0 saturated heterocycles. The van der Waals surface area contributed by atoms with Gasteiger partial charge < -0.3 is 15.2 Å². The summed E-state index contributed by atoms with van der Waals surface area (Å²) >= 11 is 5.91. The van der Waals surface area contributed by atoms with Crippen molar-refractivity contribution in [3.8, 4) is 5.75 Å². The van der Waals surface area contributed by atoms with E-state index in [0.29, 0.717) is 22.0 Å². The van der Waals surface area contributed by atoms with Crippen LogP contribution in [-0.2, 0) is 4.74 Å². The first-order valence-corrected chi connectivity index (χ1v) is 6.79. The van der Waals surface area contributed by atoms with E-state index in [9.17, 15) is 9.59 Å². The molecular formula is C16H14ClNO4. The summed E-state index contributed by atoms with van der Waals surface area (Å²) in [6, 6.07) is 11.1. The fraction of sp³-hybridized carbons (Fsp3) is 0.125. The molecule has 0 aliphatic heterocycles. The Morgan fingerprint density at radius 3 is 2.55 bits per heavy atom. The SMILES string of the molecule is COc1ccc(C(=O)OCC(=O)c2ccccc2Cl)cc1N. The molecule has 22 heavy (non-hydrogen) atoms. The molecule has 0 saturated carbocycles. The van der Waals surface area contributed by atoms with E-state index >= 15 is 0 Å². The number of ether oxygens (including phenoxy) is 2. The van der Waals surface area contributed by atoms with E-state index in [1.807, 2.05) is 0 Å². The van der Waals surface area contributed by atoms with E-state index in [1.165, 1.54) is 19.2 Å². The number of esters is 1. The molecule has 0 spiro atoms. The largest absolute Gasteiger partial charge is 0.495 e. The smallest absolute Gasteiger partial charge is 0.338 e. The molecule has 0 amide bonds. The Morgan fingerprint density at radius 2 is 1.91 bits per heavy atom. The molecule has 6 heteroatoms. The molecule has 0 aliphatic carbocycles. The maximum absolute atomic E-state index is 12.0. The van der Waals surface area contributed by atoms with Crippen LogP contribution in [0.1, 0.15) is 20.7 Å². The van der Waals surface area contributed by atoms with Crippen molar-refractivity contribution in [2.45, 2.75) is 0 Å². The molecule has 114 valence electrons. The lowest BCUT2D eigenvalue weighted by Gasteiger charge is -2.08. The fourth-order valence-electron chi connectivity index (χ4n) is 1.84. The monoisotopic (exact) mass is 319 g/mol. The van der Waals surface area contributed by atoms with Crippen LogP contribution >= 0.6 is 11.6 Å². The molecule has 2 aromatic carbocycles. The summed E-state index contributed by atoms with van der Waals surface area (Å²) in [5.74, 6) is -0.557. The first-order chi connectivity index (χ1) is 10.5. The fourth-order valence-corrected chi connectivity index (χ4v) is 2.08. The minimum absolute atomic E-state index is 0.241. The van der Waals surface area contributed by atoms with Gasteiger partial charge in [-0.1, -0.05) is 23.7 Å². The maximum atomic E-state index is 12.0. The van der Waals surface area contributed by atoms with E-state index < -0.39 is 12.6 Å². The van der Waals surface area contributed by atoms with E-state index in [-0.39, 0.29) is 11.3 Å². The second-order valence-electron chi connectivity index (χ2n) is 4.44. The lowest BCUT2D eigenvalue weighted by molar-refractivity contribution is 0.0475. The average Bonchev–Trinajstić information content (AvgIpc) is 2.52. The number of halogens is 1. The number of carbonyl (C=O) groups excluding carboxylic acids is 2. The van der Waals surface area contributed by atoms with Crippen LogP contribution in [0.5, 0.6) is 5.75 Å². The molecule has 0 aliphatic rings. The van der Waals surface area contributed by atoms with E-state index in [2.05, 4.69) is 0 Å². The van der Waals surface area contributed by atoms with Gasteiger partial charge in [0.15, 0.2) is 6.61 Å². The van der Waals surface area contributed by atoms with Gasteiger partial charge in [-0.25, -0.2) is 4.79 Å². The summed E-state index contributed by atoms with van der Waals surface area (Å²) in [6.45, 7) is -0.394. The zero-order valence-corrected chi connectivity index (χ0v) is 12.6. The third kappa shape index (κ3) is 3.56. The summed E-state index contributed by atoms with van der Waals surface area (Å²) in [4.78, 5) is 23.9. The lowest BCUT2D eigenvalue weighted by atomic mass is 10.1. The molecule has 2 aromatic rings. The Labute approximate surface area is 132 Å². The van der Waals surface area contributed by atoms with Gasteiger partial charge in [0.25, 0.3) is 0 Å². The number of hydrogen-bond acceptors (Lipinski definition) is 5. The minimum Gasteiger partial charge on any atom is -0.495 e. The van der Waals surface area contributed by atoms with Crippen LogP contribution in [0.3, 0.4) is 0 Å². The first kappa shape index (κ1) is 15.9. The second-order valence-corrected chi connectivity index (χ2v) is 4.84. The Hall–Kier alpha value is -2.53. The lowest BCUT2D eigenvalue weighted by Crippen LogP contribution is -2.14. The van der Waals surface area contributed by atoms with Gasteiger partial charge in [0, 0.05) is 5.56 Å². The van der Waals surface area contributed by atoms with Crippen molar-refractivity contribution in [3.63, 3.8) is 0 Å². The zero-order valence-electron chi connectivity index (χ0n) is 11.8.